The largest absolute Gasteiger partial charge is 0.243 e. The fourth-order valence-electron chi connectivity index (χ4n) is 2.30. The summed E-state index contributed by atoms with van der Waals surface area (Å²) < 4.78 is 26.5. The van der Waals surface area contributed by atoms with Gasteiger partial charge in [0.1, 0.15) is 0 Å². The summed E-state index contributed by atoms with van der Waals surface area (Å²) >= 11 is 1.70. The molecule has 0 atom stereocenters. The van der Waals surface area contributed by atoms with Crippen LogP contribution in [0.5, 0.6) is 0 Å². The fraction of sp³-hybridized carbons (Fsp3) is 0.200. The minimum absolute atomic E-state index is 0.368. The maximum absolute atomic E-state index is 12.5. The summed E-state index contributed by atoms with van der Waals surface area (Å²) in [5.41, 5.74) is 1.25. The van der Waals surface area contributed by atoms with E-state index in [1.165, 1.54) is 10.5 Å². The van der Waals surface area contributed by atoms with E-state index in [2.05, 4.69) is 6.07 Å². The van der Waals surface area contributed by atoms with E-state index >= 15 is 0 Å². The molecule has 1 aliphatic heterocycles. The van der Waals surface area contributed by atoms with E-state index in [1.54, 1.807) is 39.9 Å². The first kappa shape index (κ1) is 13.5. The lowest BCUT2D eigenvalue weighted by molar-refractivity contribution is 0.441. The van der Waals surface area contributed by atoms with Gasteiger partial charge in [0, 0.05) is 18.0 Å². The van der Waals surface area contributed by atoms with E-state index < -0.39 is 10.0 Å². The van der Waals surface area contributed by atoms with Crippen LogP contribution in [0.1, 0.15) is 11.3 Å². The average molecular weight is 305 g/mol. The number of rotatable bonds is 3. The molecule has 5 heteroatoms. The highest BCUT2D eigenvalue weighted by Crippen LogP contribution is 2.28. The summed E-state index contributed by atoms with van der Waals surface area (Å²) in [7, 11) is -3.36. The van der Waals surface area contributed by atoms with Crippen LogP contribution in [-0.2, 0) is 10.0 Å². The maximum Gasteiger partial charge on any atom is 0.243 e. The smallest absolute Gasteiger partial charge is 0.207 e. The van der Waals surface area contributed by atoms with Crippen molar-refractivity contribution in [3.05, 3.63) is 58.8 Å². The minimum atomic E-state index is -3.36. The Bertz CT molecular complexity index is 704. The van der Waals surface area contributed by atoms with Gasteiger partial charge in [0.05, 0.1) is 4.90 Å². The Morgan fingerprint density at radius 3 is 2.45 bits per heavy atom. The Morgan fingerprint density at radius 1 is 1.05 bits per heavy atom. The van der Waals surface area contributed by atoms with Crippen molar-refractivity contribution in [1.29, 1.82) is 0 Å². The molecule has 1 aliphatic rings. The molecule has 0 unspecified atom stereocenters. The molecule has 0 saturated carbocycles. The molecule has 2 aromatic rings. The van der Waals surface area contributed by atoms with Gasteiger partial charge in [-0.1, -0.05) is 30.3 Å². The van der Waals surface area contributed by atoms with Crippen molar-refractivity contribution in [2.24, 2.45) is 0 Å². The summed E-state index contributed by atoms with van der Waals surface area (Å²) in [6.45, 7) is 0.991. The predicted octanol–water partition coefficient (Wildman–Crippen LogP) is 3.23. The molecule has 0 bridgehead atoms. The lowest BCUT2D eigenvalue weighted by Gasteiger charge is -2.25. The molecule has 1 aromatic heterocycles. The van der Waals surface area contributed by atoms with E-state index in [0.29, 0.717) is 18.0 Å². The third-order valence-electron chi connectivity index (χ3n) is 3.39. The Hall–Kier alpha value is -1.43. The summed E-state index contributed by atoms with van der Waals surface area (Å²) in [6, 6.07) is 12.7. The summed E-state index contributed by atoms with van der Waals surface area (Å²) in [6.07, 6.45) is 2.79. The maximum atomic E-state index is 12.5. The van der Waals surface area contributed by atoms with Crippen LogP contribution in [0.2, 0.25) is 0 Å². The lowest BCUT2D eigenvalue weighted by atomic mass is 10.1. The monoisotopic (exact) mass is 305 g/mol. The van der Waals surface area contributed by atoms with Crippen LogP contribution < -0.4 is 0 Å². The van der Waals surface area contributed by atoms with Gasteiger partial charge in [0.15, 0.2) is 0 Å². The average Bonchev–Trinajstić information content (AvgIpc) is 3.02. The molecular formula is C15H15NO2S2. The number of nitrogens with zero attached hydrogens (tertiary/aromatic N) is 1. The minimum Gasteiger partial charge on any atom is -0.207 e. The van der Waals surface area contributed by atoms with Crippen LogP contribution in [0.15, 0.2) is 58.8 Å². The van der Waals surface area contributed by atoms with Crippen molar-refractivity contribution in [1.82, 2.24) is 4.31 Å². The Kier molecular flexibility index (Phi) is 3.74. The zero-order valence-electron chi connectivity index (χ0n) is 10.9. The molecule has 0 fully saturated rings. The Labute approximate surface area is 123 Å². The number of thiophene rings is 1. The number of hydrogen-bond donors (Lipinski definition) is 0. The molecular weight excluding hydrogens is 290 g/mol. The normalized spacial score (nSPS) is 16.9. The highest BCUT2D eigenvalue weighted by molar-refractivity contribution is 7.89. The molecule has 0 amide bonds. The second kappa shape index (κ2) is 5.52. The predicted molar refractivity (Wildman–Crippen MR) is 82.1 cm³/mol. The van der Waals surface area contributed by atoms with Crippen molar-refractivity contribution < 1.29 is 8.42 Å². The van der Waals surface area contributed by atoms with Gasteiger partial charge in [0.2, 0.25) is 10.0 Å². The molecule has 20 heavy (non-hydrogen) atoms. The molecule has 0 N–H and O–H groups in total. The van der Waals surface area contributed by atoms with Gasteiger partial charge in [0.25, 0.3) is 0 Å². The van der Waals surface area contributed by atoms with Gasteiger partial charge >= 0.3 is 0 Å². The topological polar surface area (TPSA) is 37.4 Å². The molecule has 3 nitrogen and oxygen atoms in total. The summed E-state index contributed by atoms with van der Waals surface area (Å²) in [4.78, 5) is 1.61. The zero-order valence-corrected chi connectivity index (χ0v) is 12.5. The number of sulfonamides is 1. The Balaban J connectivity index is 1.81. The van der Waals surface area contributed by atoms with Crippen molar-refractivity contribution in [3.8, 4) is 0 Å². The highest BCUT2D eigenvalue weighted by atomic mass is 32.2. The van der Waals surface area contributed by atoms with Crippen LogP contribution in [0.4, 0.5) is 0 Å². The van der Waals surface area contributed by atoms with E-state index in [0.717, 1.165) is 6.42 Å². The molecule has 3 rings (SSSR count). The van der Waals surface area contributed by atoms with Crippen molar-refractivity contribution in [2.75, 3.05) is 13.1 Å². The zero-order chi connectivity index (χ0) is 14.0. The van der Waals surface area contributed by atoms with Crippen LogP contribution in [0.3, 0.4) is 0 Å². The summed E-state index contributed by atoms with van der Waals surface area (Å²) in [5, 5.41) is 2.04. The Morgan fingerprint density at radius 2 is 1.85 bits per heavy atom. The van der Waals surface area contributed by atoms with Gasteiger partial charge in [-0.25, -0.2) is 8.42 Å². The third kappa shape index (κ3) is 2.57. The van der Waals surface area contributed by atoms with Gasteiger partial charge in [-0.15, -0.1) is 11.3 Å². The quantitative estimate of drug-likeness (QED) is 0.873. The highest BCUT2D eigenvalue weighted by Gasteiger charge is 2.26. The third-order valence-corrected chi connectivity index (χ3v) is 6.22. The second-order valence-electron chi connectivity index (χ2n) is 4.63. The van der Waals surface area contributed by atoms with Crippen molar-refractivity contribution >= 4 is 26.9 Å². The number of benzene rings is 1. The SMILES string of the molecule is O=S(=O)(c1ccccc1)N1CC=C(c2cccs2)CC1. The van der Waals surface area contributed by atoms with E-state index in [9.17, 15) is 8.42 Å². The molecule has 0 saturated heterocycles. The second-order valence-corrected chi connectivity index (χ2v) is 7.52. The van der Waals surface area contributed by atoms with Crippen LogP contribution in [0, 0.1) is 0 Å². The summed E-state index contributed by atoms with van der Waals surface area (Å²) in [5.74, 6) is 0. The van der Waals surface area contributed by atoms with Crippen molar-refractivity contribution in [2.45, 2.75) is 11.3 Å². The van der Waals surface area contributed by atoms with Crippen LogP contribution in [0.25, 0.3) is 5.57 Å². The van der Waals surface area contributed by atoms with E-state index in [4.69, 9.17) is 0 Å². The molecule has 1 aromatic carbocycles. The van der Waals surface area contributed by atoms with E-state index in [1.807, 2.05) is 23.6 Å². The van der Waals surface area contributed by atoms with Gasteiger partial charge in [-0.2, -0.15) is 4.31 Å². The molecule has 0 spiro atoms. The molecule has 104 valence electrons. The van der Waals surface area contributed by atoms with Crippen LogP contribution >= 0.6 is 11.3 Å². The van der Waals surface area contributed by atoms with E-state index in [-0.39, 0.29) is 0 Å². The molecule has 0 radical (unpaired) electrons. The van der Waals surface area contributed by atoms with Gasteiger partial charge < -0.3 is 0 Å². The number of hydrogen-bond acceptors (Lipinski definition) is 3. The molecule has 2 heterocycles. The van der Waals surface area contributed by atoms with Crippen LogP contribution in [-0.4, -0.2) is 25.8 Å². The van der Waals surface area contributed by atoms with Gasteiger partial charge in [-0.05, 0) is 35.6 Å². The van der Waals surface area contributed by atoms with Crippen molar-refractivity contribution in [3.63, 3.8) is 0 Å². The first-order valence-electron chi connectivity index (χ1n) is 6.46. The lowest BCUT2D eigenvalue weighted by Crippen LogP contribution is -2.34. The molecule has 0 aliphatic carbocycles. The standard InChI is InChI=1S/C15H15NO2S2/c17-20(18,14-5-2-1-3-6-14)16-10-8-13(9-11-16)15-7-4-12-19-15/h1-8,12H,9-11H2. The first-order chi connectivity index (χ1) is 9.68. The fourth-order valence-corrected chi connectivity index (χ4v) is 4.49. The first-order valence-corrected chi connectivity index (χ1v) is 8.78. The van der Waals surface area contributed by atoms with Gasteiger partial charge in [-0.3, -0.25) is 0 Å².